The van der Waals surface area contributed by atoms with E-state index in [2.05, 4.69) is 26.2 Å². The number of pyridine rings is 1. The molecule has 0 radical (unpaired) electrons. The Morgan fingerprint density at radius 1 is 1.32 bits per heavy atom. The third-order valence-electron chi connectivity index (χ3n) is 3.02. The number of carbonyl (C=O) groups is 2. The molecule has 1 aliphatic rings. The van der Waals surface area contributed by atoms with Crippen LogP contribution in [-0.2, 0) is 4.79 Å². The standard InChI is InChI=1S/C13H10BrN3O2/c14-10-6-8(7-11-9(10)2-1-4-15-11)17-5-3-12(18)16-13(17)19/h1-2,4,6-7H,3,5H2,(H,16,18,19). The number of amides is 3. The van der Waals surface area contributed by atoms with Gasteiger partial charge in [-0.3, -0.25) is 20.0 Å². The molecule has 0 bridgehead atoms. The number of imide groups is 1. The number of anilines is 1. The zero-order valence-corrected chi connectivity index (χ0v) is 11.5. The van der Waals surface area contributed by atoms with Crippen molar-refractivity contribution in [2.75, 3.05) is 11.4 Å². The van der Waals surface area contributed by atoms with E-state index in [1.54, 1.807) is 11.1 Å². The fraction of sp³-hybridized carbons (Fsp3) is 0.154. The van der Waals surface area contributed by atoms with E-state index in [-0.39, 0.29) is 5.91 Å². The van der Waals surface area contributed by atoms with E-state index in [1.165, 1.54) is 0 Å². The molecule has 96 valence electrons. The topological polar surface area (TPSA) is 62.3 Å². The molecule has 1 fully saturated rings. The zero-order chi connectivity index (χ0) is 13.4. The van der Waals surface area contributed by atoms with Gasteiger partial charge in [-0.15, -0.1) is 0 Å². The molecule has 0 atom stereocenters. The molecule has 0 aliphatic carbocycles. The number of nitrogens with zero attached hydrogens (tertiary/aromatic N) is 2. The van der Waals surface area contributed by atoms with E-state index < -0.39 is 6.03 Å². The molecule has 1 aromatic heterocycles. The van der Waals surface area contributed by atoms with Crippen LogP contribution in [0.15, 0.2) is 34.9 Å². The van der Waals surface area contributed by atoms with Crippen molar-refractivity contribution in [1.82, 2.24) is 10.3 Å². The number of urea groups is 1. The first-order chi connectivity index (χ1) is 9.15. The van der Waals surface area contributed by atoms with Crippen molar-refractivity contribution in [3.05, 3.63) is 34.9 Å². The predicted molar refractivity (Wildman–Crippen MR) is 74.9 cm³/mol. The summed E-state index contributed by atoms with van der Waals surface area (Å²) in [6.45, 7) is 0.384. The molecule has 1 aliphatic heterocycles. The second-order valence-electron chi connectivity index (χ2n) is 4.25. The first-order valence-electron chi connectivity index (χ1n) is 5.81. The average molecular weight is 320 g/mol. The van der Waals surface area contributed by atoms with Crippen LogP contribution in [0.2, 0.25) is 0 Å². The first kappa shape index (κ1) is 12.1. The van der Waals surface area contributed by atoms with Crippen molar-refractivity contribution in [1.29, 1.82) is 0 Å². The Hall–Kier alpha value is -1.95. The van der Waals surface area contributed by atoms with Crippen LogP contribution in [0.1, 0.15) is 6.42 Å². The molecule has 0 saturated carbocycles. The second-order valence-corrected chi connectivity index (χ2v) is 5.11. The Labute approximate surface area is 117 Å². The Morgan fingerprint density at radius 2 is 2.16 bits per heavy atom. The van der Waals surface area contributed by atoms with Crippen LogP contribution in [0.5, 0.6) is 0 Å². The maximum atomic E-state index is 11.8. The second kappa shape index (κ2) is 4.62. The van der Waals surface area contributed by atoms with Crippen molar-refractivity contribution in [3.63, 3.8) is 0 Å². The number of hydrogen-bond donors (Lipinski definition) is 1. The average Bonchev–Trinajstić information content (AvgIpc) is 2.38. The number of halogens is 1. The molecule has 2 heterocycles. The summed E-state index contributed by atoms with van der Waals surface area (Å²) >= 11 is 3.48. The lowest BCUT2D eigenvalue weighted by atomic mass is 10.1. The minimum atomic E-state index is -0.390. The Balaban J connectivity index is 2.06. The summed E-state index contributed by atoms with van der Waals surface area (Å²) < 4.78 is 0.873. The van der Waals surface area contributed by atoms with Crippen LogP contribution >= 0.6 is 15.9 Å². The van der Waals surface area contributed by atoms with E-state index >= 15 is 0 Å². The van der Waals surface area contributed by atoms with E-state index in [1.807, 2.05) is 24.3 Å². The van der Waals surface area contributed by atoms with Gasteiger partial charge in [0.25, 0.3) is 0 Å². The largest absolute Gasteiger partial charge is 0.328 e. The highest BCUT2D eigenvalue weighted by atomic mass is 79.9. The van der Waals surface area contributed by atoms with E-state index in [4.69, 9.17) is 0 Å². The quantitative estimate of drug-likeness (QED) is 0.878. The molecule has 3 amide bonds. The van der Waals surface area contributed by atoms with E-state index in [0.29, 0.717) is 13.0 Å². The smallest absolute Gasteiger partial charge is 0.294 e. The molecule has 1 saturated heterocycles. The summed E-state index contributed by atoms with van der Waals surface area (Å²) in [4.78, 5) is 28.8. The fourth-order valence-electron chi connectivity index (χ4n) is 2.09. The van der Waals surface area contributed by atoms with Gasteiger partial charge in [-0.05, 0) is 18.2 Å². The predicted octanol–water partition coefficient (Wildman–Crippen LogP) is 2.44. The van der Waals surface area contributed by atoms with Gasteiger partial charge in [0.2, 0.25) is 5.91 Å². The highest BCUT2D eigenvalue weighted by molar-refractivity contribution is 9.10. The van der Waals surface area contributed by atoms with Crippen LogP contribution in [0, 0.1) is 0 Å². The maximum Gasteiger partial charge on any atom is 0.328 e. The molecule has 1 aromatic carbocycles. The van der Waals surface area contributed by atoms with Gasteiger partial charge < -0.3 is 0 Å². The molecule has 3 rings (SSSR count). The number of rotatable bonds is 1. The SMILES string of the molecule is O=C1CCN(c2cc(Br)c3cccnc3c2)C(=O)N1. The highest BCUT2D eigenvalue weighted by Crippen LogP contribution is 2.29. The highest BCUT2D eigenvalue weighted by Gasteiger charge is 2.24. The number of fused-ring (bicyclic) bond motifs is 1. The number of benzene rings is 1. The zero-order valence-electron chi connectivity index (χ0n) is 9.89. The van der Waals surface area contributed by atoms with Gasteiger partial charge in [0.15, 0.2) is 0 Å². The number of hydrogen-bond acceptors (Lipinski definition) is 3. The molecule has 1 N–H and O–H groups in total. The molecular weight excluding hydrogens is 310 g/mol. The van der Waals surface area contributed by atoms with E-state index in [9.17, 15) is 9.59 Å². The third kappa shape index (κ3) is 2.19. The van der Waals surface area contributed by atoms with Crippen molar-refractivity contribution in [2.24, 2.45) is 0 Å². The molecule has 5 nitrogen and oxygen atoms in total. The fourth-order valence-corrected chi connectivity index (χ4v) is 2.66. The lowest BCUT2D eigenvalue weighted by molar-refractivity contribution is -0.120. The summed E-state index contributed by atoms with van der Waals surface area (Å²) in [5, 5.41) is 3.29. The molecule has 2 aromatic rings. The molecule has 19 heavy (non-hydrogen) atoms. The van der Waals surface area contributed by atoms with E-state index in [0.717, 1.165) is 21.1 Å². The van der Waals surface area contributed by atoms with Gasteiger partial charge in [0.1, 0.15) is 0 Å². The summed E-state index contributed by atoms with van der Waals surface area (Å²) in [5.74, 6) is -0.237. The Morgan fingerprint density at radius 3 is 2.95 bits per heavy atom. The first-order valence-corrected chi connectivity index (χ1v) is 6.60. The van der Waals surface area contributed by atoms with Gasteiger partial charge in [-0.2, -0.15) is 0 Å². The van der Waals surface area contributed by atoms with Crippen molar-refractivity contribution in [3.8, 4) is 0 Å². The lowest BCUT2D eigenvalue weighted by Crippen LogP contribution is -2.49. The number of aromatic nitrogens is 1. The van der Waals surface area contributed by atoms with Gasteiger partial charge in [0, 0.05) is 34.7 Å². The maximum absolute atomic E-state index is 11.8. The molecule has 0 unspecified atom stereocenters. The minimum Gasteiger partial charge on any atom is -0.294 e. The summed E-state index contributed by atoms with van der Waals surface area (Å²) in [7, 11) is 0. The normalized spacial score (nSPS) is 15.7. The monoisotopic (exact) mass is 319 g/mol. The van der Waals surface area contributed by atoms with Crippen molar-refractivity contribution >= 4 is 44.5 Å². The Kier molecular flexibility index (Phi) is 2.94. The molecule has 6 heteroatoms. The molecule has 0 spiro atoms. The summed E-state index contributed by atoms with van der Waals surface area (Å²) in [5.41, 5.74) is 1.53. The van der Waals surface area contributed by atoms with Gasteiger partial charge in [-0.1, -0.05) is 22.0 Å². The summed E-state index contributed by atoms with van der Waals surface area (Å²) in [6, 6.07) is 7.13. The third-order valence-corrected chi connectivity index (χ3v) is 3.68. The van der Waals surface area contributed by atoms with Crippen LogP contribution in [0.4, 0.5) is 10.5 Å². The van der Waals surface area contributed by atoms with Gasteiger partial charge in [-0.25, -0.2) is 4.79 Å². The van der Waals surface area contributed by atoms with Crippen LogP contribution in [-0.4, -0.2) is 23.5 Å². The van der Waals surface area contributed by atoms with Gasteiger partial charge >= 0.3 is 6.03 Å². The van der Waals surface area contributed by atoms with Crippen molar-refractivity contribution < 1.29 is 9.59 Å². The van der Waals surface area contributed by atoms with Crippen molar-refractivity contribution in [2.45, 2.75) is 6.42 Å². The number of carbonyl (C=O) groups excluding carboxylic acids is 2. The summed E-state index contributed by atoms with van der Waals surface area (Å²) in [6.07, 6.45) is 2.02. The van der Waals surface area contributed by atoms with Gasteiger partial charge in [0.05, 0.1) is 5.52 Å². The van der Waals surface area contributed by atoms with Crippen LogP contribution < -0.4 is 10.2 Å². The van der Waals surface area contributed by atoms with Crippen LogP contribution in [0.25, 0.3) is 10.9 Å². The Bertz CT molecular complexity index is 687. The molecular formula is C13H10BrN3O2. The lowest BCUT2D eigenvalue weighted by Gasteiger charge is -2.26. The number of nitrogens with one attached hydrogen (secondary N) is 1. The minimum absolute atomic E-state index is 0.237. The van der Waals surface area contributed by atoms with Crippen LogP contribution in [0.3, 0.4) is 0 Å².